The minimum atomic E-state index is -0.266. The molecule has 0 spiro atoms. The van der Waals surface area contributed by atoms with Crippen molar-refractivity contribution in [2.75, 3.05) is 0 Å². The summed E-state index contributed by atoms with van der Waals surface area (Å²) >= 11 is 0. The average Bonchev–Trinajstić information content (AvgIpc) is 2.83. The van der Waals surface area contributed by atoms with E-state index >= 15 is 0 Å². The fraction of sp³-hybridized carbons (Fsp3) is 0.950. The minimum Gasteiger partial charge on any atom is -0.393 e. The number of hydrogen-bond acceptors (Lipinski definition) is 3. The first-order chi connectivity index (χ1) is 10.9. The molecule has 4 aliphatic carbocycles. The number of nitrogens with zero attached hydrogens (tertiary/aromatic N) is 1. The predicted octanol–water partition coefficient (Wildman–Crippen LogP) is 3.50. The van der Waals surface area contributed by atoms with E-state index in [-0.39, 0.29) is 29.0 Å². The maximum Gasteiger partial charge on any atom is 0.0661 e. The van der Waals surface area contributed by atoms with Crippen molar-refractivity contribution < 1.29 is 10.2 Å². The van der Waals surface area contributed by atoms with Crippen molar-refractivity contribution in [3.8, 4) is 6.07 Å². The predicted molar refractivity (Wildman–Crippen MR) is 88.2 cm³/mol. The van der Waals surface area contributed by atoms with Crippen LogP contribution in [-0.4, -0.2) is 22.4 Å². The lowest BCUT2D eigenvalue weighted by Gasteiger charge is -2.62. The molecule has 128 valence electrons. The molecule has 4 saturated carbocycles. The third-order valence-corrected chi connectivity index (χ3v) is 8.72. The number of nitriles is 1. The zero-order chi connectivity index (χ0) is 16.4. The van der Waals surface area contributed by atoms with Crippen molar-refractivity contribution >= 4 is 0 Å². The Bertz CT molecular complexity index is 528. The molecule has 0 amide bonds. The van der Waals surface area contributed by atoms with Gasteiger partial charge in [0.25, 0.3) is 0 Å². The Morgan fingerprint density at radius 1 is 1.00 bits per heavy atom. The van der Waals surface area contributed by atoms with Crippen molar-refractivity contribution in [1.82, 2.24) is 0 Å². The van der Waals surface area contributed by atoms with Gasteiger partial charge in [0.05, 0.1) is 24.2 Å². The van der Waals surface area contributed by atoms with Gasteiger partial charge in [0.15, 0.2) is 0 Å². The van der Waals surface area contributed by atoms with E-state index in [1.165, 1.54) is 19.3 Å². The molecule has 0 heterocycles. The van der Waals surface area contributed by atoms with Crippen molar-refractivity contribution in [1.29, 1.82) is 5.26 Å². The van der Waals surface area contributed by atoms with Gasteiger partial charge in [-0.1, -0.05) is 13.8 Å². The molecule has 4 aliphatic rings. The molecule has 0 saturated heterocycles. The van der Waals surface area contributed by atoms with Crippen LogP contribution in [0.5, 0.6) is 0 Å². The van der Waals surface area contributed by atoms with E-state index in [1.807, 2.05) is 0 Å². The first kappa shape index (κ1) is 15.9. The molecular weight excluding hydrogens is 286 g/mol. The highest BCUT2D eigenvalue weighted by molar-refractivity contribution is 5.14. The van der Waals surface area contributed by atoms with Crippen molar-refractivity contribution in [2.45, 2.75) is 77.4 Å². The van der Waals surface area contributed by atoms with Gasteiger partial charge in [-0.15, -0.1) is 0 Å². The van der Waals surface area contributed by atoms with Crippen LogP contribution >= 0.6 is 0 Å². The second kappa shape index (κ2) is 5.20. The number of rotatable bonds is 0. The third-order valence-electron chi connectivity index (χ3n) is 8.72. The van der Waals surface area contributed by atoms with Crippen LogP contribution in [0.25, 0.3) is 0 Å². The molecule has 0 aliphatic heterocycles. The van der Waals surface area contributed by atoms with Crippen LogP contribution in [0.4, 0.5) is 0 Å². The number of aliphatic hydroxyl groups is 2. The first-order valence-electron chi connectivity index (χ1n) is 9.66. The van der Waals surface area contributed by atoms with Gasteiger partial charge in [-0.3, -0.25) is 0 Å². The molecule has 0 aromatic heterocycles. The second-order valence-electron chi connectivity index (χ2n) is 9.54. The molecule has 0 aromatic rings. The lowest BCUT2D eigenvalue weighted by atomic mass is 9.44. The lowest BCUT2D eigenvalue weighted by Crippen LogP contribution is -2.59. The molecule has 4 rings (SSSR count). The van der Waals surface area contributed by atoms with Crippen molar-refractivity contribution in [2.24, 2.45) is 40.4 Å². The van der Waals surface area contributed by atoms with Gasteiger partial charge in [-0.25, -0.2) is 0 Å². The first-order valence-corrected chi connectivity index (χ1v) is 9.66. The maximum atomic E-state index is 11.1. The minimum absolute atomic E-state index is 0.0205. The summed E-state index contributed by atoms with van der Waals surface area (Å²) in [7, 11) is 0. The molecule has 3 heteroatoms. The summed E-state index contributed by atoms with van der Waals surface area (Å²) in [5, 5.41) is 30.8. The van der Waals surface area contributed by atoms with E-state index in [9.17, 15) is 15.5 Å². The molecule has 3 nitrogen and oxygen atoms in total. The molecule has 0 bridgehead atoms. The molecule has 2 N–H and O–H groups in total. The van der Waals surface area contributed by atoms with Crippen LogP contribution in [0.15, 0.2) is 0 Å². The smallest absolute Gasteiger partial charge is 0.0661 e. The van der Waals surface area contributed by atoms with Crippen LogP contribution in [0.2, 0.25) is 0 Å². The third kappa shape index (κ3) is 2.07. The normalized spacial score (nSPS) is 58.7. The largest absolute Gasteiger partial charge is 0.393 e. The zero-order valence-electron chi connectivity index (χ0n) is 14.5. The summed E-state index contributed by atoms with van der Waals surface area (Å²) in [6.07, 6.45) is 7.87. The summed E-state index contributed by atoms with van der Waals surface area (Å²) in [6.45, 7) is 4.67. The Morgan fingerprint density at radius 3 is 2.52 bits per heavy atom. The van der Waals surface area contributed by atoms with Gasteiger partial charge in [-0.05, 0) is 85.9 Å². The van der Waals surface area contributed by atoms with Crippen molar-refractivity contribution in [3.05, 3.63) is 0 Å². The highest BCUT2D eigenvalue weighted by Gasteiger charge is 2.63. The van der Waals surface area contributed by atoms with Crippen LogP contribution in [-0.2, 0) is 0 Å². The van der Waals surface area contributed by atoms with Crippen LogP contribution in [0.3, 0.4) is 0 Å². The zero-order valence-corrected chi connectivity index (χ0v) is 14.5. The Kier molecular flexibility index (Phi) is 3.60. The molecule has 0 aromatic carbocycles. The summed E-state index contributed by atoms with van der Waals surface area (Å²) in [4.78, 5) is 0. The van der Waals surface area contributed by atoms with Gasteiger partial charge < -0.3 is 10.2 Å². The van der Waals surface area contributed by atoms with Gasteiger partial charge in [-0.2, -0.15) is 5.26 Å². The highest BCUT2D eigenvalue weighted by atomic mass is 16.3. The highest BCUT2D eigenvalue weighted by Crippen LogP contribution is 2.67. The molecular formula is C20H31NO2. The molecule has 2 unspecified atom stereocenters. The molecule has 9 atom stereocenters. The van der Waals surface area contributed by atoms with Crippen LogP contribution in [0, 0.1) is 51.8 Å². The quantitative estimate of drug-likeness (QED) is 0.718. The number of aliphatic hydroxyl groups excluding tert-OH is 2. The van der Waals surface area contributed by atoms with Crippen LogP contribution in [0.1, 0.15) is 65.2 Å². The topological polar surface area (TPSA) is 64.2 Å². The number of fused-ring (bicyclic) bond motifs is 5. The SMILES string of the molecule is C[C@]12CC(O)C3[C@@H](CC[C@H]4C[C@H](O)CC[C@]34C)[C@@H]1CC[C@H]2C#N. The van der Waals surface area contributed by atoms with E-state index in [0.29, 0.717) is 23.7 Å². The molecule has 23 heavy (non-hydrogen) atoms. The average molecular weight is 317 g/mol. The van der Waals surface area contributed by atoms with E-state index < -0.39 is 0 Å². The van der Waals surface area contributed by atoms with Gasteiger partial charge in [0, 0.05) is 0 Å². The van der Waals surface area contributed by atoms with Gasteiger partial charge >= 0.3 is 0 Å². The lowest BCUT2D eigenvalue weighted by molar-refractivity contribution is -0.175. The fourth-order valence-electron chi connectivity index (χ4n) is 7.57. The monoisotopic (exact) mass is 317 g/mol. The molecule has 4 fully saturated rings. The molecule has 0 radical (unpaired) electrons. The summed E-state index contributed by atoms with van der Waals surface area (Å²) < 4.78 is 0. The van der Waals surface area contributed by atoms with E-state index in [2.05, 4.69) is 19.9 Å². The van der Waals surface area contributed by atoms with Gasteiger partial charge in [0.1, 0.15) is 0 Å². The summed E-state index contributed by atoms with van der Waals surface area (Å²) in [5.41, 5.74) is 0.209. The van der Waals surface area contributed by atoms with Crippen molar-refractivity contribution in [3.63, 3.8) is 0 Å². The Labute approximate surface area is 140 Å². The van der Waals surface area contributed by atoms with Crippen LogP contribution < -0.4 is 0 Å². The second-order valence-corrected chi connectivity index (χ2v) is 9.54. The van der Waals surface area contributed by atoms with E-state index in [1.54, 1.807) is 0 Å². The van der Waals surface area contributed by atoms with E-state index in [4.69, 9.17) is 0 Å². The fourth-order valence-corrected chi connectivity index (χ4v) is 7.57. The Hall–Kier alpha value is -0.590. The standard InChI is InChI=1S/C20H31NO2/c1-19-8-7-14(22)9-12(19)3-5-15-16-6-4-13(11-21)20(16,2)10-17(23)18(15)19/h12-18,22-23H,3-10H2,1-2H3/t12-,13-,14+,15-,16-,17?,18?,19-,20+/m0/s1. The van der Waals surface area contributed by atoms with Gasteiger partial charge in [0.2, 0.25) is 0 Å². The summed E-state index contributed by atoms with van der Waals surface area (Å²) in [6, 6.07) is 2.55. The Balaban J connectivity index is 1.68. The maximum absolute atomic E-state index is 11.1. The Morgan fingerprint density at radius 2 is 1.78 bits per heavy atom. The number of hydrogen-bond donors (Lipinski definition) is 2. The summed E-state index contributed by atoms with van der Waals surface area (Å²) in [5.74, 6) is 2.27. The van der Waals surface area contributed by atoms with E-state index in [0.717, 1.165) is 32.1 Å².